The van der Waals surface area contributed by atoms with Crippen LogP contribution in [-0.2, 0) is 16.0 Å². The zero-order valence-electron chi connectivity index (χ0n) is 19.8. The number of aryl methyl sites for hydroxylation is 1. The lowest BCUT2D eigenvalue weighted by Crippen LogP contribution is -2.37. The molecule has 2 fully saturated rings. The van der Waals surface area contributed by atoms with E-state index >= 15 is 0 Å². The summed E-state index contributed by atoms with van der Waals surface area (Å²) >= 11 is 6.94. The normalized spacial score (nSPS) is 17.6. The number of hydrogen-bond donors (Lipinski definition) is 0. The summed E-state index contributed by atoms with van der Waals surface area (Å²) in [5.41, 5.74) is 4.18. The third-order valence-corrected chi connectivity index (χ3v) is 7.69. The molecule has 180 valence electrons. The Bertz CT molecular complexity index is 1300. The number of para-hydroxylation sites is 1. The minimum atomic E-state index is -0.0502. The maximum absolute atomic E-state index is 13.3. The number of ether oxygens (including phenoxy) is 2. The van der Waals surface area contributed by atoms with Gasteiger partial charge in [0, 0.05) is 30.6 Å². The van der Waals surface area contributed by atoms with Gasteiger partial charge in [-0.05, 0) is 48.7 Å². The molecule has 1 aromatic heterocycles. The van der Waals surface area contributed by atoms with Crippen LogP contribution < -0.4 is 9.64 Å². The van der Waals surface area contributed by atoms with Gasteiger partial charge in [-0.2, -0.15) is 0 Å². The predicted molar refractivity (Wildman–Crippen MR) is 146 cm³/mol. The van der Waals surface area contributed by atoms with Gasteiger partial charge in [-0.1, -0.05) is 54.3 Å². The smallest absolute Gasteiger partial charge is 0.266 e. The third-order valence-electron chi connectivity index (χ3n) is 6.31. The molecule has 35 heavy (non-hydrogen) atoms. The van der Waals surface area contributed by atoms with Crippen molar-refractivity contribution in [1.29, 1.82) is 0 Å². The molecule has 0 saturated carbocycles. The molecule has 3 aromatic rings. The molecule has 5 rings (SSSR count). The van der Waals surface area contributed by atoms with Crippen molar-refractivity contribution in [3.63, 3.8) is 0 Å². The molecule has 2 aliphatic heterocycles. The first kappa shape index (κ1) is 23.8. The number of morpholine rings is 1. The van der Waals surface area contributed by atoms with Gasteiger partial charge in [0.15, 0.2) is 0 Å². The molecule has 8 heteroatoms. The molecule has 0 radical (unpaired) electrons. The fourth-order valence-corrected chi connectivity index (χ4v) is 5.65. The number of thiocarbonyl (C=S) groups is 1. The van der Waals surface area contributed by atoms with Gasteiger partial charge in [-0.25, -0.2) is 4.98 Å². The van der Waals surface area contributed by atoms with Gasteiger partial charge in [0.2, 0.25) is 0 Å². The summed E-state index contributed by atoms with van der Waals surface area (Å²) in [6, 6.07) is 16.2. The van der Waals surface area contributed by atoms with E-state index in [1.165, 1.54) is 11.8 Å². The molecular formula is C27H27N3O3S2. The lowest BCUT2D eigenvalue weighted by Gasteiger charge is -2.29. The van der Waals surface area contributed by atoms with Gasteiger partial charge in [0.25, 0.3) is 5.91 Å². The highest BCUT2D eigenvalue weighted by atomic mass is 32.2. The Balaban J connectivity index is 1.42. The number of carbonyl (C=O) groups excluding carboxylic acids is 1. The van der Waals surface area contributed by atoms with Crippen LogP contribution in [0.1, 0.15) is 16.7 Å². The van der Waals surface area contributed by atoms with Crippen molar-refractivity contribution in [1.82, 2.24) is 9.88 Å². The number of fused-ring (bicyclic) bond motifs is 1. The summed E-state index contributed by atoms with van der Waals surface area (Å²) in [6.45, 7) is 5.49. The Kier molecular flexibility index (Phi) is 7.04. The Hall–Kier alpha value is -2.94. The second kappa shape index (κ2) is 10.4. The van der Waals surface area contributed by atoms with Crippen molar-refractivity contribution < 1.29 is 14.3 Å². The topological polar surface area (TPSA) is 54.9 Å². The number of thioether (sulfide) groups is 1. The average molecular weight is 506 g/mol. The largest absolute Gasteiger partial charge is 0.497 e. The van der Waals surface area contributed by atoms with Gasteiger partial charge in [0.05, 0.1) is 30.7 Å². The first-order valence-corrected chi connectivity index (χ1v) is 12.9. The number of carbonyl (C=O) groups is 1. The van der Waals surface area contributed by atoms with Gasteiger partial charge in [-0.15, -0.1) is 0 Å². The lowest BCUT2D eigenvalue weighted by molar-refractivity contribution is -0.122. The number of aromatic nitrogens is 1. The molecular weight excluding hydrogens is 478 g/mol. The van der Waals surface area contributed by atoms with Crippen molar-refractivity contribution in [2.24, 2.45) is 0 Å². The van der Waals surface area contributed by atoms with Crippen LogP contribution in [-0.4, -0.2) is 60.1 Å². The van der Waals surface area contributed by atoms with Crippen LogP contribution in [0.5, 0.6) is 5.75 Å². The third kappa shape index (κ3) is 5.05. The maximum Gasteiger partial charge on any atom is 0.266 e. The van der Waals surface area contributed by atoms with Crippen LogP contribution in [0.4, 0.5) is 5.82 Å². The average Bonchev–Trinajstić information content (AvgIpc) is 3.15. The number of hydrogen-bond acceptors (Lipinski definition) is 7. The highest BCUT2D eigenvalue weighted by molar-refractivity contribution is 8.26. The van der Waals surface area contributed by atoms with Crippen LogP contribution >= 0.6 is 24.0 Å². The second-order valence-corrected chi connectivity index (χ2v) is 10.3. The fourth-order valence-electron chi connectivity index (χ4n) is 4.36. The first-order valence-electron chi connectivity index (χ1n) is 11.6. The molecule has 3 heterocycles. The summed E-state index contributed by atoms with van der Waals surface area (Å²) in [7, 11) is 1.65. The van der Waals surface area contributed by atoms with Crippen LogP contribution in [0.3, 0.4) is 0 Å². The number of benzene rings is 2. The van der Waals surface area contributed by atoms with E-state index in [4.69, 9.17) is 26.7 Å². The van der Waals surface area contributed by atoms with Gasteiger partial charge >= 0.3 is 0 Å². The second-order valence-electron chi connectivity index (χ2n) is 8.58. The molecule has 2 saturated heterocycles. The Morgan fingerprint density at radius 3 is 2.69 bits per heavy atom. The van der Waals surface area contributed by atoms with Crippen LogP contribution in [0, 0.1) is 6.92 Å². The van der Waals surface area contributed by atoms with Crippen LogP contribution in [0.2, 0.25) is 0 Å². The quantitative estimate of drug-likeness (QED) is 0.351. The highest BCUT2D eigenvalue weighted by Crippen LogP contribution is 2.35. The van der Waals surface area contributed by atoms with Gasteiger partial charge in [0.1, 0.15) is 15.9 Å². The molecule has 0 spiro atoms. The monoisotopic (exact) mass is 505 g/mol. The molecule has 0 N–H and O–H groups in total. The van der Waals surface area contributed by atoms with E-state index in [2.05, 4.69) is 30.0 Å². The van der Waals surface area contributed by atoms with Crippen molar-refractivity contribution in [2.75, 3.05) is 44.9 Å². The summed E-state index contributed by atoms with van der Waals surface area (Å²) < 4.78 is 11.4. The number of rotatable bonds is 6. The van der Waals surface area contributed by atoms with Gasteiger partial charge in [-0.3, -0.25) is 9.69 Å². The Morgan fingerprint density at radius 2 is 1.94 bits per heavy atom. The van der Waals surface area contributed by atoms with Crippen molar-refractivity contribution in [3.8, 4) is 5.75 Å². The number of methoxy groups -OCH3 is 1. The van der Waals surface area contributed by atoms with Crippen LogP contribution in [0.25, 0.3) is 17.0 Å². The SMILES string of the molecule is COc1ccc(CCN2C(=O)/C(=C/c3cc4cccc(C)c4nc3N3CCOCC3)SC2=S)cc1. The van der Waals surface area contributed by atoms with Crippen molar-refractivity contribution >= 4 is 57.0 Å². The standard InChI is InChI=1S/C27H27N3O3S2/c1-18-4-3-5-20-16-21(25(28-24(18)20)29-12-14-33-15-13-29)17-23-26(31)30(27(34)35-23)11-10-19-6-8-22(32-2)9-7-19/h3-9,16-17H,10-15H2,1-2H3/b23-17-. The lowest BCUT2D eigenvalue weighted by atomic mass is 10.1. The molecule has 0 aliphatic carbocycles. The minimum Gasteiger partial charge on any atom is -0.497 e. The van der Waals surface area contributed by atoms with Crippen LogP contribution in [0.15, 0.2) is 53.4 Å². The maximum atomic E-state index is 13.3. The number of pyridine rings is 1. The van der Waals surface area contributed by atoms with E-state index in [-0.39, 0.29) is 5.91 Å². The zero-order valence-corrected chi connectivity index (χ0v) is 21.5. The number of nitrogens with zero attached hydrogens (tertiary/aromatic N) is 3. The Morgan fingerprint density at radius 1 is 1.17 bits per heavy atom. The van der Waals surface area contributed by atoms with E-state index in [0.717, 1.165) is 58.7 Å². The summed E-state index contributed by atoms with van der Waals surface area (Å²) in [5, 5.41) is 1.06. The van der Waals surface area contributed by atoms with E-state index in [0.29, 0.717) is 29.0 Å². The van der Waals surface area contributed by atoms with E-state index in [1.54, 1.807) is 12.0 Å². The highest BCUT2D eigenvalue weighted by Gasteiger charge is 2.32. The first-order chi connectivity index (χ1) is 17.0. The zero-order chi connectivity index (χ0) is 24.4. The molecule has 2 aromatic carbocycles. The summed E-state index contributed by atoms with van der Waals surface area (Å²) in [4.78, 5) is 22.9. The Labute approximate surface area is 214 Å². The fraction of sp³-hybridized carbons (Fsp3) is 0.296. The van der Waals surface area contributed by atoms with Gasteiger partial charge < -0.3 is 14.4 Å². The molecule has 0 atom stereocenters. The number of anilines is 1. The van der Waals surface area contributed by atoms with Crippen molar-refractivity contribution in [3.05, 3.63) is 70.1 Å². The van der Waals surface area contributed by atoms with Crippen molar-refractivity contribution in [2.45, 2.75) is 13.3 Å². The van der Waals surface area contributed by atoms with E-state index < -0.39 is 0 Å². The van der Waals surface area contributed by atoms with E-state index in [1.807, 2.05) is 36.4 Å². The molecule has 0 unspecified atom stereocenters. The molecule has 1 amide bonds. The molecule has 2 aliphatic rings. The minimum absolute atomic E-state index is 0.0502. The molecule has 6 nitrogen and oxygen atoms in total. The summed E-state index contributed by atoms with van der Waals surface area (Å²) in [5.74, 6) is 1.65. The molecule has 0 bridgehead atoms. The number of amides is 1. The van der Waals surface area contributed by atoms with E-state index in [9.17, 15) is 4.79 Å². The predicted octanol–water partition coefficient (Wildman–Crippen LogP) is 4.83. The summed E-state index contributed by atoms with van der Waals surface area (Å²) in [6.07, 6.45) is 2.67.